The third-order valence-corrected chi connectivity index (χ3v) is 7.49. The van der Waals surface area contributed by atoms with Crippen LogP contribution >= 0.6 is 0 Å². The molecule has 0 bridgehead atoms. The lowest BCUT2D eigenvalue weighted by Crippen LogP contribution is -2.46. The molecule has 1 aromatic heterocycles. The summed E-state index contributed by atoms with van der Waals surface area (Å²) in [6.07, 6.45) is 6.87. The first kappa shape index (κ1) is 27.1. The number of anilines is 1. The molecule has 0 radical (unpaired) electrons. The average Bonchev–Trinajstić information content (AvgIpc) is 3.35. The summed E-state index contributed by atoms with van der Waals surface area (Å²) in [6.45, 7) is 3.75. The van der Waals surface area contributed by atoms with Gasteiger partial charge in [0.15, 0.2) is 0 Å². The summed E-state index contributed by atoms with van der Waals surface area (Å²) in [5, 5.41) is 16.0. The molecule has 0 saturated heterocycles. The highest BCUT2D eigenvalue weighted by molar-refractivity contribution is 5.85. The van der Waals surface area contributed by atoms with Crippen LogP contribution in [0.3, 0.4) is 0 Å². The maximum absolute atomic E-state index is 12.9. The Hall–Kier alpha value is -2.97. The lowest BCUT2D eigenvalue weighted by molar-refractivity contribution is -0.142. The van der Waals surface area contributed by atoms with Crippen molar-refractivity contribution < 1.29 is 19.4 Å². The minimum atomic E-state index is -0.984. The van der Waals surface area contributed by atoms with Crippen molar-refractivity contribution >= 4 is 17.7 Å². The summed E-state index contributed by atoms with van der Waals surface area (Å²) >= 11 is 0. The number of methoxy groups -OCH3 is 1. The van der Waals surface area contributed by atoms with E-state index < -0.39 is 12.0 Å². The van der Waals surface area contributed by atoms with Gasteiger partial charge in [-0.05, 0) is 80.7 Å². The van der Waals surface area contributed by atoms with E-state index in [2.05, 4.69) is 27.7 Å². The Labute approximate surface area is 219 Å². The van der Waals surface area contributed by atoms with E-state index >= 15 is 0 Å². The van der Waals surface area contributed by atoms with Crippen molar-refractivity contribution in [1.82, 2.24) is 15.2 Å². The number of hydrogen-bond donors (Lipinski definition) is 3. The zero-order chi connectivity index (χ0) is 26.0. The van der Waals surface area contributed by atoms with E-state index in [9.17, 15) is 14.7 Å². The Morgan fingerprint density at radius 3 is 2.62 bits per heavy atom. The first-order valence-corrected chi connectivity index (χ1v) is 13.6. The van der Waals surface area contributed by atoms with Gasteiger partial charge in [-0.3, -0.25) is 4.79 Å². The SMILES string of the molecule is COCCN(CCCCc1ccc2c(n1)NCCC2)CC[C@H](NC(=O)C1Cc2ccccc2C1)C(=O)O. The maximum Gasteiger partial charge on any atom is 0.326 e. The molecule has 200 valence electrons. The van der Waals surface area contributed by atoms with Crippen LogP contribution in [0.25, 0.3) is 0 Å². The van der Waals surface area contributed by atoms with Crippen LogP contribution in [-0.4, -0.2) is 72.8 Å². The fourth-order valence-electron chi connectivity index (χ4n) is 5.31. The third-order valence-electron chi connectivity index (χ3n) is 7.49. The van der Waals surface area contributed by atoms with Crippen LogP contribution in [0.1, 0.15) is 48.1 Å². The molecule has 2 heterocycles. The highest BCUT2D eigenvalue weighted by atomic mass is 16.5. The van der Waals surface area contributed by atoms with E-state index in [4.69, 9.17) is 9.72 Å². The number of aryl methyl sites for hydroxylation is 2. The second kappa shape index (κ2) is 13.5. The first-order valence-electron chi connectivity index (χ1n) is 13.6. The van der Waals surface area contributed by atoms with Crippen LogP contribution < -0.4 is 10.6 Å². The predicted octanol–water partition coefficient (Wildman–Crippen LogP) is 3.09. The number of carbonyl (C=O) groups excluding carboxylic acids is 1. The first-order chi connectivity index (χ1) is 18.0. The summed E-state index contributed by atoms with van der Waals surface area (Å²) < 4.78 is 5.27. The van der Waals surface area contributed by atoms with Crippen molar-refractivity contribution in [2.75, 3.05) is 45.2 Å². The molecule has 1 amide bonds. The van der Waals surface area contributed by atoms with Gasteiger partial charge in [0.25, 0.3) is 0 Å². The number of nitrogens with one attached hydrogen (secondary N) is 2. The zero-order valence-corrected chi connectivity index (χ0v) is 21.9. The van der Waals surface area contributed by atoms with Crippen molar-refractivity contribution in [1.29, 1.82) is 0 Å². The number of aromatic nitrogens is 1. The van der Waals surface area contributed by atoms with Crippen molar-refractivity contribution in [2.45, 2.75) is 57.4 Å². The Morgan fingerprint density at radius 1 is 1.11 bits per heavy atom. The predicted molar refractivity (Wildman–Crippen MR) is 144 cm³/mol. The van der Waals surface area contributed by atoms with Gasteiger partial charge in [0, 0.05) is 38.4 Å². The number of carbonyl (C=O) groups is 2. The average molecular weight is 509 g/mol. The van der Waals surface area contributed by atoms with E-state index in [1.165, 1.54) is 16.7 Å². The highest BCUT2D eigenvalue weighted by Gasteiger charge is 2.30. The van der Waals surface area contributed by atoms with Crippen LogP contribution in [0.2, 0.25) is 0 Å². The minimum absolute atomic E-state index is 0.168. The molecule has 1 aliphatic heterocycles. The van der Waals surface area contributed by atoms with Crippen molar-refractivity contribution in [2.24, 2.45) is 5.92 Å². The summed E-state index contributed by atoms with van der Waals surface area (Å²) in [5.74, 6) is -0.313. The lowest BCUT2D eigenvalue weighted by Gasteiger charge is -2.24. The van der Waals surface area contributed by atoms with Gasteiger partial charge < -0.3 is 25.4 Å². The standard InChI is InChI=1S/C29H40N4O4/c1-37-18-17-33(15-5-4-10-25-12-11-21-9-6-14-30-27(21)31-25)16-13-26(29(35)36)32-28(34)24-19-22-7-2-3-8-23(22)20-24/h2-3,7-8,11-12,24,26H,4-6,9-10,13-20H2,1H3,(H,30,31)(H,32,34)(H,35,36)/t26-/m0/s1. The number of hydrogen-bond acceptors (Lipinski definition) is 6. The van der Waals surface area contributed by atoms with Gasteiger partial charge in [0.2, 0.25) is 5.91 Å². The number of unbranched alkanes of at least 4 members (excludes halogenated alkanes) is 1. The number of amides is 1. The molecule has 3 N–H and O–H groups in total. The van der Waals surface area contributed by atoms with Crippen LogP contribution in [0.4, 0.5) is 5.82 Å². The van der Waals surface area contributed by atoms with Gasteiger partial charge in [-0.15, -0.1) is 0 Å². The maximum atomic E-state index is 12.9. The minimum Gasteiger partial charge on any atom is -0.480 e. The Bertz CT molecular complexity index is 1030. The fraction of sp³-hybridized carbons (Fsp3) is 0.552. The summed E-state index contributed by atoms with van der Waals surface area (Å²) in [4.78, 5) is 31.8. The molecule has 37 heavy (non-hydrogen) atoms. The number of carboxylic acids is 1. The molecule has 1 atom stereocenters. The summed E-state index contributed by atoms with van der Waals surface area (Å²) in [5.41, 5.74) is 4.78. The number of aliphatic carboxylic acids is 1. The summed E-state index contributed by atoms with van der Waals surface area (Å²) in [7, 11) is 1.67. The molecule has 1 aromatic carbocycles. The molecule has 0 saturated carbocycles. The number of benzene rings is 1. The zero-order valence-electron chi connectivity index (χ0n) is 21.9. The van der Waals surface area contributed by atoms with Crippen LogP contribution in [0.5, 0.6) is 0 Å². The molecule has 1 aliphatic carbocycles. The van der Waals surface area contributed by atoms with Crippen LogP contribution in [0, 0.1) is 5.92 Å². The summed E-state index contributed by atoms with van der Waals surface area (Å²) in [6, 6.07) is 11.5. The van der Waals surface area contributed by atoms with Crippen LogP contribution in [-0.2, 0) is 40.0 Å². The third kappa shape index (κ3) is 7.76. The van der Waals surface area contributed by atoms with E-state index in [1.54, 1.807) is 7.11 Å². The Balaban J connectivity index is 1.23. The van der Waals surface area contributed by atoms with Crippen LogP contribution in [0.15, 0.2) is 36.4 Å². The molecule has 0 unspecified atom stereocenters. The number of fused-ring (bicyclic) bond motifs is 2. The van der Waals surface area contributed by atoms with Gasteiger partial charge in [0.05, 0.1) is 6.61 Å². The monoisotopic (exact) mass is 508 g/mol. The Kier molecular flexibility index (Phi) is 9.91. The fourth-order valence-corrected chi connectivity index (χ4v) is 5.31. The molecule has 8 heteroatoms. The molecular formula is C29H40N4O4. The molecule has 0 fully saturated rings. The molecule has 0 spiro atoms. The van der Waals surface area contributed by atoms with E-state index in [0.29, 0.717) is 32.4 Å². The van der Waals surface area contributed by atoms with Crippen molar-refractivity contribution in [3.05, 3.63) is 58.8 Å². The Morgan fingerprint density at radius 2 is 1.89 bits per heavy atom. The second-order valence-electron chi connectivity index (χ2n) is 10.2. The van der Waals surface area contributed by atoms with Gasteiger partial charge in [-0.1, -0.05) is 30.3 Å². The van der Waals surface area contributed by atoms with Crippen molar-refractivity contribution in [3.8, 4) is 0 Å². The van der Waals surface area contributed by atoms with E-state index in [0.717, 1.165) is 63.3 Å². The molecular weight excluding hydrogens is 468 g/mol. The smallest absolute Gasteiger partial charge is 0.326 e. The number of pyridine rings is 1. The van der Waals surface area contributed by atoms with Crippen molar-refractivity contribution in [3.63, 3.8) is 0 Å². The highest BCUT2D eigenvalue weighted by Crippen LogP contribution is 2.26. The van der Waals surface area contributed by atoms with Gasteiger partial charge in [0.1, 0.15) is 11.9 Å². The number of rotatable bonds is 14. The quantitative estimate of drug-likeness (QED) is 0.337. The van der Waals surface area contributed by atoms with E-state index in [-0.39, 0.29) is 11.8 Å². The van der Waals surface area contributed by atoms with Gasteiger partial charge in [-0.2, -0.15) is 0 Å². The van der Waals surface area contributed by atoms with Gasteiger partial charge >= 0.3 is 5.97 Å². The number of ether oxygens (including phenoxy) is 1. The lowest BCUT2D eigenvalue weighted by atomic mass is 10.0. The second-order valence-corrected chi connectivity index (χ2v) is 10.2. The largest absolute Gasteiger partial charge is 0.480 e. The topological polar surface area (TPSA) is 104 Å². The molecule has 4 rings (SSSR count). The number of carboxylic acid groups (broad SMARTS) is 1. The normalized spacial score (nSPS) is 15.6. The molecule has 2 aliphatic rings. The molecule has 8 nitrogen and oxygen atoms in total. The van der Waals surface area contributed by atoms with E-state index in [1.807, 2.05) is 24.3 Å². The number of nitrogens with zero attached hydrogens (tertiary/aromatic N) is 2. The molecule has 2 aromatic rings. The van der Waals surface area contributed by atoms with Gasteiger partial charge in [-0.25, -0.2) is 9.78 Å².